The Morgan fingerprint density at radius 1 is 1.09 bits per heavy atom. The molecule has 1 aromatic rings. The van der Waals surface area contributed by atoms with E-state index in [9.17, 15) is 4.79 Å². The van der Waals surface area contributed by atoms with Gasteiger partial charge in [-0.15, -0.1) is 0 Å². The molecule has 2 aliphatic carbocycles. The summed E-state index contributed by atoms with van der Waals surface area (Å²) in [6.07, 6.45) is 14.3. The van der Waals surface area contributed by atoms with Crippen molar-refractivity contribution >= 4 is 18.1 Å². The van der Waals surface area contributed by atoms with Gasteiger partial charge < -0.3 is 10.8 Å². The molecule has 1 aromatic heterocycles. The van der Waals surface area contributed by atoms with Gasteiger partial charge in [-0.1, -0.05) is 40.5 Å². The number of hydrogen-bond acceptors (Lipinski definition) is 5. The second-order valence-electron chi connectivity index (χ2n) is 10.3. The molecule has 1 heterocycles. The molecule has 2 aliphatic rings. The Kier molecular flexibility index (Phi) is 13.6. The van der Waals surface area contributed by atoms with Gasteiger partial charge in [0.05, 0.1) is 6.34 Å². The lowest BCUT2D eigenvalue weighted by Crippen LogP contribution is -2.26. The quantitative estimate of drug-likeness (QED) is 0.399. The van der Waals surface area contributed by atoms with Crippen molar-refractivity contribution in [3.8, 4) is 0 Å². The summed E-state index contributed by atoms with van der Waals surface area (Å²) in [5.74, 6) is 0.568. The molecule has 32 heavy (non-hydrogen) atoms. The molecule has 7 heteroatoms. The van der Waals surface area contributed by atoms with Crippen LogP contribution < -0.4 is 5.73 Å². The predicted octanol–water partition coefficient (Wildman–Crippen LogP) is 5.60. The van der Waals surface area contributed by atoms with E-state index in [1.807, 2.05) is 6.20 Å². The molecule has 7 nitrogen and oxygen atoms in total. The van der Waals surface area contributed by atoms with E-state index in [0.717, 1.165) is 26.1 Å². The third-order valence-electron chi connectivity index (χ3n) is 6.01. The number of nitrogens with two attached hydrogens (primary N) is 1. The standard InChI is InChI=1S/C12H18N2.C10H18O.C2H4O2.CH4N2/c1-12(2)6-3-4-10(8-12)11-5-7-13-9-14-11;1-8(11)9-5-4-6-10(2,3)7-9;1-2(3)4;2-1-3/h5,7,9-10H,3-4,6,8H2,1-2H3;9H,4-7H2,1-3H3;1H3,(H,3,4);1H,(H3,2,3). The molecular formula is C25H44N4O3. The summed E-state index contributed by atoms with van der Waals surface area (Å²) in [5.41, 5.74) is 6.52. The fourth-order valence-electron chi connectivity index (χ4n) is 4.54. The van der Waals surface area contributed by atoms with Crippen LogP contribution in [0.2, 0.25) is 0 Å². The second kappa shape index (κ2) is 14.7. The van der Waals surface area contributed by atoms with Crippen LogP contribution in [0.15, 0.2) is 18.6 Å². The Morgan fingerprint density at radius 3 is 1.97 bits per heavy atom. The van der Waals surface area contributed by atoms with Crippen LogP contribution in [0.4, 0.5) is 0 Å². The van der Waals surface area contributed by atoms with Crippen molar-refractivity contribution in [1.29, 1.82) is 5.41 Å². The highest BCUT2D eigenvalue weighted by Gasteiger charge is 2.30. The first-order chi connectivity index (χ1) is 14.8. The van der Waals surface area contributed by atoms with Crippen LogP contribution >= 0.6 is 0 Å². The zero-order valence-corrected chi connectivity index (χ0v) is 20.9. The number of rotatable bonds is 2. The average Bonchev–Trinajstić information content (AvgIpc) is 2.68. The zero-order valence-electron chi connectivity index (χ0n) is 20.9. The maximum Gasteiger partial charge on any atom is 0.300 e. The van der Waals surface area contributed by atoms with E-state index in [-0.39, 0.29) is 0 Å². The molecule has 0 radical (unpaired) electrons. The summed E-state index contributed by atoms with van der Waals surface area (Å²) < 4.78 is 0. The van der Waals surface area contributed by atoms with Gasteiger partial charge >= 0.3 is 0 Å². The second-order valence-corrected chi connectivity index (χ2v) is 10.3. The highest BCUT2D eigenvalue weighted by Crippen LogP contribution is 2.42. The molecule has 0 bridgehead atoms. The molecule has 0 aliphatic heterocycles. The van der Waals surface area contributed by atoms with Gasteiger partial charge in [0.2, 0.25) is 0 Å². The number of carbonyl (C=O) groups excluding carboxylic acids is 1. The fraction of sp³-hybridized carbons (Fsp3) is 0.720. The van der Waals surface area contributed by atoms with Crippen molar-refractivity contribution in [1.82, 2.24) is 9.97 Å². The Morgan fingerprint density at radius 2 is 1.59 bits per heavy atom. The average molecular weight is 449 g/mol. The van der Waals surface area contributed by atoms with Gasteiger partial charge in [-0.25, -0.2) is 9.97 Å². The predicted molar refractivity (Wildman–Crippen MR) is 130 cm³/mol. The minimum Gasteiger partial charge on any atom is -0.481 e. The van der Waals surface area contributed by atoms with Gasteiger partial charge in [0.1, 0.15) is 12.1 Å². The van der Waals surface area contributed by atoms with Crippen molar-refractivity contribution in [2.75, 3.05) is 0 Å². The third-order valence-corrected chi connectivity index (χ3v) is 6.01. The maximum absolute atomic E-state index is 11.1. The van der Waals surface area contributed by atoms with Crippen molar-refractivity contribution in [3.63, 3.8) is 0 Å². The summed E-state index contributed by atoms with van der Waals surface area (Å²) in [4.78, 5) is 28.4. The van der Waals surface area contributed by atoms with E-state index < -0.39 is 5.97 Å². The number of nitrogens with zero attached hydrogens (tertiary/aromatic N) is 2. The van der Waals surface area contributed by atoms with Gasteiger partial charge in [-0.2, -0.15) is 0 Å². The zero-order chi connectivity index (χ0) is 24.8. The minimum atomic E-state index is -0.833. The van der Waals surface area contributed by atoms with Crippen LogP contribution in [0.3, 0.4) is 0 Å². The highest BCUT2D eigenvalue weighted by atomic mass is 16.4. The number of aromatic nitrogens is 2. The van der Waals surface area contributed by atoms with Gasteiger partial charge in [-0.3, -0.25) is 15.0 Å². The molecule has 4 N–H and O–H groups in total. The first kappa shape index (κ1) is 29.7. The highest BCUT2D eigenvalue weighted by molar-refractivity contribution is 5.78. The van der Waals surface area contributed by atoms with Crippen LogP contribution in [0.5, 0.6) is 0 Å². The van der Waals surface area contributed by atoms with Crippen LogP contribution in [-0.2, 0) is 9.59 Å². The number of carboxylic acids is 1. The van der Waals surface area contributed by atoms with Crippen molar-refractivity contribution in [3.05, 3.63) is 24.3 Å². The molecule has 182 valence electrons. The van der Waals surface area contributed by atoms with E-state index in [0.29, 0.717) is 28.4 Å². The van der Waals surface area contributed by atoms with E-state index in [2.05, 4.69) is 49.5 Å². The molecular weight excluding hydrogens is 404 g/mol. The van der Waals surface area contributed by atoms with E-state index in [1.54, 1.807) is 13.3 Å². The first-order valence-corrected chi connectivity index (χ1v) is 11.5. The monoisotopic (exact) mass is 448 g/mol. The maximum atomic E-state index is 11.1. The molecule has 0 amide bonds. The molecule has 0 spiro atoms. The lowest BCUT2D eigenvalue weighted by Gasteiger charge is -2.34. The van der Waals surface area contributed by atoms with E-state index in [1.165, 1.54) is 44.2 Å². The summed E-state index contributed by atoms with van der Waals surface area (Å²) in [6.45, 7) is 12.1. The number of aliphatic carboxylic acids is 1. The molecule has 2 fully saturated rings. The summed E-state index contributed by atoms with van der Waals surface area (Å²) >= 11 is 0. The summed E-state index contributed by atoms with van der Waals surface area (Å²) in [6, 6.07) is 2.06. The number of carbonyl (C=O) groups is 2. The summed E-state index contributed by atoms with van der Waals surface area (Å²) in [5, 5.41) is 13.3. The Balaban J connectivity index is 0.000000475. The number of Topliss-reactive ketones (excluding diaryl/α,β-unsaturated/α-hetero) is 1. The van der Waals surface area contributed by atoms with Crippen LogP contribution in [0.1, 0.15) is 105 Å². The van der Waals surface area contributed by atoms with Crippen LogP contribution in [0.25, 0.3) is 0 Å². The molecule has 2 atom stereocenters. The van der Waals surface area contributed by atoms with Crippen molar-refractivity contribution < 1.29 is 14.7 Å². The van der Waals surface area contributed by atoms with Gasteiger partial charge in [0.15, 0.2) is 0 Å². The molecule has 0 saturated heterocycles. The lowest BCUT2D eigenvalue weighted by molar-refractivity contribution is -0.134. The summed E-state index contributed by atoms with van der Waals surface area (Å²) in [7, 11) is 0. The molecule has 3 rings (SSSR count). The van der Waals surface area contributed by atoms with Crippen LogP contribution in [-0.4, -0.2) is 33.2 Å². The Labute approximate surface area is 194 Å². The normalized spacial score (nSPS) is 22.8. The smallest absolute Gasteiger partial charge is 0.300 e. The van der Waals surface area contributed by atoms with Crippen molar-refractivity contribution in [2.24, 2.45) is 22.5 Å². The Hall–Kier alpha value is -2.31. The van der Waals surface area contributed by atoms with Gasteiger partial charge in [0.25, 0.3) is 5.97 Å². The molecule has 2 saturated carbocycles. The van der Waals surface area contributed by atoms with Crippen molar-refractivity contribution in [2.45, 2.75) is 98.8 Å². The minimum absolute atomic E-state index is 0.360. The Bertz CT molecular complexity index is 686. The van der Waals surface area contributed by atoms with E-state index in [4.69, 9.17) is 15.3 Å². The number of nitrogens with one attached hydrogen (secondary N) is 1. The largest absolute Gasteiger partial charge is 0.481 e. The third kappa shape index (κ3) is 13.9. The van der Waals surface area contributed by atoms with Crippen LogP contribution in [0, 0.1) is 22.2 Å². The topological polar surface area (TPSA) is 130 Å². The number of ketones is 1. The lowest BCUT2D eigenvalue weighted by atomic mass is 9.71. The molecule has 0 aromatic carbocycles. The molecule has 2 unspecified atom stereocenters. The number of hydrogen-bond donors (Lipinski definition) is 3. The van der Waals surface area contributed by atoms with Gasteiger partial charge in [-0.05, 0) is 62.3 Å². The fourth-order valence-corrected chi connectivity index (χ4v) is 4.54. The first-order valence-electron chi connectivity index (χ1n) is 11.5. The van der Waals surface area contributed by atoms with E-state index >= 15 is 0 Å². The number of carboxylic acid groups (broad SMARTS) is 1. The SMILES string of the molecule is CC(=O)C1CCCC(C)(C)C1.CC(=O)O.CC1(C)CCCC(c2ccncn2)C1.N=CN. The van der Waals surface area contributed by atoms with Gasteiger partial charge in [0, 0.05) is 30.7 Å².